The molecule has 2 aromatic rings. The van der Waals surface area contributed by atoms with E-state index in [0.29, 0.717) is 28.2 Å². The van der Waals surface area contributed by atoms with Crippen molar-refractivity contribution in [3.05, 3.63) is 23.8 Å². The normalized spacial score (nSPS) is 10.3. The van der Waals surface area contributed by atoms with Crippen LogP contribution in [0.4, 0.5) is 5.82 Å². The molecule has 0 radical (unpaired) electrons. The van der Waals surface area contributed by atoms with Crippen LogP contribution in [-0.2, 0) is 0 Å². The SMILES string of the molecule is CNc1nc2cc(OC)c(OC)cc2cc1C(=O)O. The summed E-state index contributed by atoms with van der Waals surface area (Å²) >= 11 is 0. The lowest BCUT2D eigenvalue weighted by molar-refractivity contribution is 0.0698. The Hall–Kier alpha value is -2.50. The van der Waals surface area contributed by atoms with Gasteiger partial charge in [-0.05, 0) is 12.1 Å². The van der Waals surface area contributed by atoms with Crippen molar-refractivity contribution in [1.82, 2.24) is 4.98 Å². The van der Waals surface area contributed by atoms with Gasteiger partial charge in [-0.25, -0.2) is 9.78 Å². The van der Waals surface area contributed by atoms with E-state index in [1.807, 2.05) is 0 Å². The van der Waals surface area contributed by atoms with Crippen LogP contribution < -0.4 is 14.8 Å². The van der Waals surface area contributed by atoms with E-state index in [-0.39, 0.29) is 5.56 Å². The summed E-state index contributed by atoms with van der Waals surface area (Å²) in [6.45, 7) is 0. The zero-order valence-electron chi connectivity index (χ0n) is 10.9. The van der Waals surface area contributed by atoms with Crippen molar-refractivity contribution < 1.29 is 19.4 Å². The Kier molecular flexibility index (Phi) is 3.41. The van der Waals surface area contributed by atoms with E-state index in [4.69, 9.17) is 14.6 Å². The molecule has 1 aromatic carbocycles. The van der Waals surface area contributed by atoms with E-state index in [1.54, 1.807) is 25.2 Å². The Bertz CT molecular complexity index is 640. The number of pyridine rings is 1. The average molecular weight is 262 g/mol. The van der Waals surface area contributed by atoms with Gasteiger partial charge >= 0.3 is 5.97 Å². The third-order valence-electron chi connectivity index (χ3n) is 2.79. The predicted molar refractivity (Wildman–Crippen MR) is 71.4 cm³/mol. The number of benzene rings is 1. The summed E-state index contributed by atoms with van der Waals surface area (Å²) < 4.78 is 10.4. The highest BCUT2D eigenvalue weighted by Gasteiger charge is 2.14. The Labute approximate surface area is 110 Å². The van der Waals surface area contributed by atoms with Gasteiger partial charge in [-0.15, -0.1) is 0 Å². The number of ether oxygens (including phenoxy) is 2. The van der Waals surface area contributed by atoms with Crippen molar-refractivity contribution in [2.45, 2.75) is 0 Å². The third-order valence-corrected chi connectivity index (χ3v) is 2.79. The van der Waals surface area contributed by atoms with Gasteiger partial charge in [0.25, 0.3) is 0 Å². The maximum Gasteiger partial charge on any atom is 0.339 e. The standard InChI is InChI=1S/C13H14N2O4/c1-14-12-8(13(16)17)4-7-5-10(18-2)11(19-3)6-9(7)15-12/h4-6H,1-3H3,(H,14,15)(H,16,17). The monoisotopic (exact) mass is 262 g/mol. The molecule has 100 valence electrons. The number of hydrogen-bond donors (Lipinski definition) is 2. The predicted octanol–water partition coefficient (Wildman–Crippen LogP) is 1.99. The number of rotatable bonds is 4. The summed E-state index contributed by atoms with van der Waals surface area (Å²) in [5.41, 5.74) is 0.745. The number of carboxylic acids is 1. The molecule has 0 atom stereocenters. The fourth-order valence-corrected chi connectivity index (χ4v) is 1.85. The zero-order chi connectivity index (χ0) is 14.0. The van der Waals surface area contributed by atoms with Crippen LogP contribution in [0.2, 0.25) is 0 Å². The van der Waals surface area contributed by atoms with Gasteiger partial charge in [-0.1, -0.05) is 0 Å². The number of anilines is 1. The van der Waals surface area contributed by atoms with Crippen molar-refractivity contribution in [3.8, 4) is 11.5 Å². The molecule has 1 heterocycles. The minimum atomic E-state index is -1.03. The molecule has 0 aliphatic rings. The topological polar surface area (TPSA) is 80.7 Å². The number of carboxylic acid groups (broad SMARTS) is 1. The summed E-state index contributed by atoms with van der Waals surface area (Å²) in [7, 11) is 4.69. The largest absolute Gasteiger partial charge is 0.493 e. The first-order valence-corrected chi connectivity index (χ1v) is 5.58. The molecule has 0 amide bonds. The van der Waals surface area contributed by atoms with Gasteiger partial charge in [0.15, 0.2) is 11.5 Å². The first-order chi connectivity index (χ1) is 9.10. The van der Waals surface area contributed by atoms with Gasteiger partial charge in [0.2, 0.25) is 0 Å². The second-order valence-corrected chi connectivity index (χ2v) is 3.84. The highest BCUT2D eigenvalue weighted by Crippen LogP contribution is 2.32. The van der Waals surface area contributed by atoms with Gasteiger partial charge in [0.1, 0.15) is 11.4 Å². The number of aromatic carboxylic acids is 1. The van der Waals surface area contributed by atoms with Gasteiger partial charge in [-0.3, -0.25) is 0 Å². The maximum absolute atomic E-state index is 11.2. The summed E-state index contributed by atoms with van der Waals surface area (Å²) in [5.74, 6) is 0.360. The highest BCUT2D eigenvalue weighted by molar-refractivity contribution is 5.98. The fraction of sp³-hybridized carbons (Fsp3) is 0.231. The molecule has 0 aliphatic heterocycles. The molecular formula is C13H14N2O4. The molecule has 2 N–H and O–H groups in total. The Morgan fingerprint density at radius 3 is 2.37 bits per heavy atom. The lowest BCUT2D eigenvalue weighted by Crippen LogP contribution is -2.05. The third kappa shape index (κ3) is 2.24. The minimum Gasteiger partial charge on any atom is -0.493 e. The van der Waals surface area contributed by atoms with E-state index in [2.05, 4.69) is 10.3 Å². The Morgan fingerprint density at radius 1 is 1.21 bits per heavy atom. The van der Waals surface area contributed by atoms with Gasteiger partial charge in [0.05, 0.1) is 19.7 Å². The van der Waals surface area contributed by atoms with Crippen molar-refractivity contribution in [2.75, 3.05) is 26.6 Å². The summed E-state index contributed by atoms with van der Waals surface area (Å²) in [6, 6.07) is 4.96. The fourth-order valence-electron chi connectivity index (χ4n) is 1.85. The lowest BCUT2D eigenvalue weighted by atomic mass is 10.1. The lowest BCUT2D eigenvalue weighted by Gasteiger charge is -2.11. The number of fused-ring (bicyclic) bond motifs is 1. The Balaban J connectivity index is 2.74. The van der Waals surface area contributed by atoms with E-state index >= 15 is 0 Å². The molecule has 6 nitrogen and oxygen atoms in total. The van der Waals surface area contributed by atoms with Crippen LogP contribution >= 0.6 is 0 Å². The van der Waals surface area contributed by atoms with E-state index in [9.17, 15) is 4.79 Å². The van der Waals surface area contributed by atoms with Gasteiger partial charge in [-0.2, -0.15) is 0 Å². The van der Waals surface area contributed by atoms with Crippen molar-refractivity contribution in [1.29, 1.82) is 0 Å². The molecule has 0 fully saturated rings. The van der Waals surface area contributed by atoms with Gasteiger partial charge < -0.3 is 19.9 Å². The number of methoxy groups -OCH3 is 2. The number of hydrogen-bond acceptors (Lipinski definition) is 5. The average Bonchev–Trinajstić information content (AvgIpc) is 2.43. The van der Waals surface area contributed by atoms with E-state index < -0.39 is 5.97 Å². The first kappa shape index (κ1) is 12.9. The molecule has 19 heavy (non-hydrogen) atoms. The molecule has 1 aromatic heterocycles. The zero-order valence-corrected chi connectivity index (χ0v) is 10.9. The summed E-state index contributed by atoms with van der Waals surface area (Å²) in [6.07, 6.45) is 0. The minimum absolute atomic E-state index is 0.113. The quantitative estimate of drug-likeness (QED) is 0.877. The maximum atomic E-state index is 11.2. The number of carbonyl (C=O) groups is 1. The van der Waals surface area contributed by atoms with Crippen molar-refractivity contribution in [2.24, 2.45) is 0 Å². The van der Waals surface area contributed by atoms with E-state index in [0.717, 1.165) is 0 Å². The van der Waals surface area contributed by atoms with Crippen molar-refractivity contribution in [3.63, 3.8) is 0 Å². The van der Waals surface area contributed by atoms with Gasteiger partial charge in [0, 0.05) is 18.5 Å². The molecule has 0 spiro atoms. The first-order valence-electron chi connectivity index (χ1n) is 5.58. The van der Waals surface area contributed by atoms with Crippen LogP contribution in [0.25, 0.3) is 10.9 Å². The summed E-state index contributed by atoms with van der Waals surface area (Å²) in [5, 5.41) is 12.6. The van der Waals surface area contributed by atoms with Crippen molar-refractivity contribution >= 4 is 22.7 Å². The number of nitrogens with zero attached hydrogens (tertiary/aromatic N) is 1. The van der Waals surface area contributed by atoms with Crippen LogP contribution in [0.1, 0.15) is 10.4 Å². The smallest absolute Gasteiger partial charge is 0.339 e. The molecular weight excluding hydrogens is 248 g/mol. The molecule has 0 aliphatic carbocycles. The Morgan fingerprint density at radius 2 is 1.84 bits per heavy atom. The number of nitrogens with one attached hydrogen (secondary N) is 1. The van der Waals surface area contributed by atoms with Crippen LogP contribution in [0.15, 0.2) is 18.2 Å². The number of aromatic nitrogens is 1. The van der Waals surface area contributed by atoms with Crippen LogP contribution in [0.5, 0.6) is 11.5 Å². The molecule has 0 saturated carbocycles. The molecule has 0 bridgehead atoms. The summed E-state index contributed by atoms with van der Waals surface area (Å²) in [4.78, 5) is 15.4. The molecule has 0 unspecified atom stereocenters. The van der Waals surface area contributed by atoms with E-state index in [1.165, 1.54) is 14.2 Å². The molecule has 6 heteroatoms. The second-order valence-electron chi connectivity index (χ2n) is 3.84. The van der Waals surface area contributed by atoms with Crippen LogP contribution in [0.3, 0.4) is 0 Å². The van der Waals surface area contributed by atoms with Crippen LogP contribution in [-0.4, -0.2) is 37.3 Å². The second kappa shape index (κ2) is 5.01. The molecule has 2 rings (SSSR count). The molecule has 0 saturated heterocycles. The highest BCUT2D eigenvalue weighted by atomic mass is 16.5. The van der Waals surface area contributed by atoms with Crippen LogP contribution in [0, 0.1) is 0 Å².